The zero-order valence-electron chi connectivity index (χ0n) is 14.3. The van der Waals surface area contributed by atoms with E-state index in [0.717, 1.165) is 4.68 Å². The Morgan fingerprint density at radius 3 is 2.74 bits per heavy atom. The van der Waals surface area contributed by atoms with Crippen molar-refractivity contribution in [1.29, 1.82) is 0 Å². The highest BCUT2D eigenvalue weighted by Crippen LogP contribution is 2.39. The van der Waals surface area contributed by atoms with Gasteiger partial charge in [0.05, 0.1) is 12.9 Å². The molecule has 7 nitrogen and oxygen atoms in total. The van der Waals surface area contributed by atoms with Gasteiger partial charge in [-0.2, -0.15) is 18.3 Å². The summed E-state index contributed by atoms with van der Waals surface area (Å²) in [7, 11) is 1.24. The predicted octanol–water partition coefficient (Wildman–Crippen LogP) is 2.48. The molecule has 10 heteroatoms. The number of aryl methyl sites for hydroxylation is 1. The fourth-order valence-electron chi connectivity index (χ4n) is 2.71. The standard InChI is InChI=1S/C17H16F3N5O2/c1-24-14(16(21)26)13(15(23-24)17(18,19)20)11-3-2-4-12(9-11)27-8-7-25-6-5-22-10-25/h2-6,9-10H,7-8H2,1H3,(H2,21,26). The predicted molar refractivity (Wildman–Crippen MR) is 89.9 cm³/mol. The van der Waals surface area contributed by atoms with E-state index in [9.17, 15) is 18.0 Å². The lowest BCUT2D eigenvalue weighted by Gasteiger charge is -2.11. The number of benzene rings is 1. The minimum absolute atomic E-state index is 0.143. The summed E-state index contributed by atoms with van der Waals surface area (Å²) in [6, 6.07) is 6.03. The van der Waals surface area contributed by atoms with Gasteiger partial charge in [-0.3, -0.25) is 9.48 Å². The van der Waals surface area contributed by atoms with Crippen LogP contribution >= 0.6 is 0 Å². The Balaban J connectivity index is 1.93. The maximum absolute atomic E-state index is 13.4. The first-order valence-electron chi connectivity index (χ1n) is 7.90. The molecule has 0 radical (unpaired) electrons. The number of nitrogens with two attached hydrogens (primary N) is 1. The average Bonchev–Trinajstić information content (AvgIpc) is 3.22. The number of imidazole rings is 1. The van der Waals surface area contributed by atoms with Crippen LogP contribution in [0.4, 0.5) is 13.2 Å². The Hall–Kier alpha value is -3.30. The van der Waals surface area contributed by atoms with Gasteiger partial charge in [0.1, 0.15) is 18.1 Å². The molecular weight excluding hydrogens is 363 g/mol. The number of carbonyl (C=O) groups excluding carboxylic acids is 1. The first-order valence-corrected chi connectivity index (χ1v) is 7.90. The fraction of sp³-hybridized carbons (Fsp3) is 0.235. The van der Waals surface area contributed by atoms with Crippen LogP contribution in [0.15, 0.2) is 43.0 Å². The second-order valence-electron chi connectivity index (χ2n) is 5.73. The largest absolute Gasteiger partial charge is 0.492 e. The van der Waals surface area contributed by atoms with E-state index in [4.69, 9.17) is 10.5 Å². The Bertz CT molecular complexity index is 948. The van der Waals surface area contributed by atoms with Crippen LogP contribution in [0.5, 0.6) is 5.75 Å². The van der Waals surface area contributed by atoms with Crippen molar-refractivity contribution < 1.29 is 22.7 Å². The average molecular weight is 379 g/mol. The van der Waals surface area contributed by atoms with Crippen LogP contribution in [-0.4, -0.2) is 31.8 Å². The maximum atomic E-state index is 13.4. The lowest BCUT2D eigenvalue weighted by atomic mass is 10.0. The molecule has 3 rings (SSSR count). The molecule has 2 N–H and O–H groups in total. The molecule has 0 fully saturated rings. The number of rotatable bonds is 6. The normalized spacial score (nSPS) is 11.6. The van der Waals surface area contributed by atoms with Crippen molar-refractivity contribution in [3.63, 3.8) is 0 Å². The number of aromatic nitrogens is 4. The van der Waals surface area contributed by atoms with E-state index >= 15 is 0 Å². The van der Waals surface area contributed by atoms with E-state index in [1.165, 1.54) is 19.2 Å². The van der Waals surface area contributed by atoms with Crippen LogP contribution in [-0.2, 0) is 19.8 Å². The second kappa shape index (κ2) is 7.14. The van der Waals surface area contributed by atoms with Gasteiger partial charge >= 0.3 is 6.18 Å². The van der Waals surface area contributed by atoms with Gasteiger partial charge in [-0.05, 0) is 17.7 Å². The van der Waals surface area contributed by atoms with Crippen LogP contribution < -0.4 is 10.5 Å². The Morgan fingerprint density at radius 2 is 2.11 bits per heavy atom. The molecule has 27 heavy (non-hydrogen) atoms. The molecule has 1 amide bonds. The first kappa shape index (κ1) is 18.5. The molecule has 0 saturated heterocycles. The van der Waals surface area contributed by atoms with Crippen LogP contribution in [0.2, 0.25) is 0 Å². The number of amides is 1. The van der Waals surface area contributed by atoms with Crippen molar-refractivity contribution >= 4 is 5.91 Å². The van der Waals surface area contributed by atoms with Gasteiger partial charge in [0.25, 0.3) is 5.91 Å². The highest BCUT2D eigenvalue weighted by atomic mass is 19.4. The molecule has 1 aromatic carbocycles. The van der Waals surface area contributed by atoms with Gasteiger partial charge in [0.2, 0.25) is 0 Å². The molecule has 2 aromatic heterocycles. The summed E-state index contributed by atoms with van der Waals surface area (Å²) >= 11 is 0. The van der Waals surface area contributed by atoms with Crippen LogP contribution in [0, 0.1) is 0 Å². The smallest absolute Gasteiger partial charge is 0.435 e. The van der Waals surface area contributed by atoms with Crippen molar-refractivity contribution in [3.8, 4) is 16.9 Å². The van der Waals surface area contributed by atoms with E-state index in [1.54, 1.807) is 35.4 Å². The van der Waals surface area contributed by atoms with E-state index in [2.05, 4.69) is 10.1 Å². The third kappa shape index (κ3) is 3.94. The number of hydrogen-bond donors (Lipinski definition) is 1. The van der Waals surface area contributed by atoms with E-state index in [-0.39, 0.29) is 16.8 Å². The number of carbonyl (C=O) groups is 1. The third-order valence-corrected chi connectivity index (χ3v) is 3.85. The molecule has 0 unspecified atom stereocenters. The molecule has 0 aliphatic heterocycles. The highest BCUT2D eigenvalue weighted by molar-refractivity contribution is 5.99. The highest BCUT2D eigenvalue weighted by Gasteiger charge is 2.40. The lowest BCUT2D eigenvalue weighted by Crippen LogP contribution is -2.17. The van der Waals surface area contributed by atoms with Crippen molar-refractivity contribution in [2.75, 3.05) is 6.61 Å². The number of nitrogens with zero attached hydrogens (tertiary/aromatic N) is 4. The van der Waals surface area contributed by atoms with Crippen molar-refractivity contribution in [3.05, 3.63) is 54.4 Å². The molecule has 2 heterocycles. The van der Waals surface area contributed by atoms with Crippen LogP contribution in [0.3, 0.4) is 0 Å². The van der Waals surface area contributed by atoms with Crippen LogP contribution in [0.1, 0.15) is 16.2 Å². The molecule has 142 valence electrons. The van der Waals surface area contributed by atoms with E-state index in [0.29, 0.717) is 18.9 Å². The minimum atomic E-state index is -4.74. The van der Waals surface area contributed by atoms with Gasteiger partial charge in [0, 0.05) is 25.0 Å². The van der Waals surface area contributed by atoms with Crippen molar-refractivity contribution in [2.45, 2.75) is 12.7 Å². The van der Waals surface area contributed by atoms with E-state index in [1.807, 2.05) is 0 Å². The molecule has 0 spiro atoms. The molecule has 0 aliphatic rings. The van der Waals surface area contributed by atoms with Crippen molar-refractivity contribution in [2.24, 2.45) is 12.8 Å². The van der Waals surface area contributed by atoms with Gasteiger partial charge in [-0.25, -0.2) is 4.98 Å². The Morgan fingerprint density at radius 1 is 1.33 bits per heavy atom. The first-order chi connectivity index (χ1) is 12.8. The van der Waals surface area contributed by atoms with Gasteiger partial charge in [0.15, 0.2) is 5.69 Å². The zero-order chi connectivity index (χ0) is 19.6. The summed E-state index contributed by atoms with van der Waals surface area (Å²) in [5.74, 6) is -0.637. The van der Waals surface area contributed by atoms with Gasteiger partial charge in [-0.15, -0.1) is 0 Å². The summed E-state index contributed by atoms with van der Waals surface area (Å²) in [5, 5.41) is 3.44. The molecule has 0 aliphatic carbocycles. The number of primary amides is 1. The minimum Gasteiger partial charge on any atom is -0.492 e. The number of halogens is 3. The molecular formula is C17H16F3N5O2. The number of ether oxygens (including phenoxy) is 1. The van der Waals surface area contributed by atoms with Gasteiger partial charge < -0.3 is 15.0 Å². The molecule has 0 atom stereocenters. The fourth-order valence-corrected chi connectivity index (χ4v) is 2.71. The summed E-state index contributed by atoms with van der Waals surface area (Å²) in [4.78, 5) is 15.6. The van der Waals surface area contributed by atoms with E-state index < -0.39 is 17.8 Å². The second-order valence-corrected chi connectivity index (χ2v) is 5.73. The van der Waals surface area contributed by atoms with Crippen LogP contribution in [0.25, 0.3) is 11.1 Å². The maximum Gasteiger partial charge on any atom is 0.435 e. The lowest BCUT2D eigenvalue weighted by molar-refractivity contribution is -0.140. The molecule has 0 saturated carbocycles. The summed E-state index contributed by atoms with van der Waals surface area (Å²) < 4.78 is 48.4. The number of alkyl halides is 3. The quantitative estimate of drug-likeness (QED) is 0.713. The monoisotopic (exact) mass is 379 g/mol. The summed E-state index contributed by atoms with van der Waals surface area (Å²) in [6.07, 6.45) is 0.292. The molecule has 3 aromatic rings. The number of hydrogen-bond acceptors (Lipinski definition) is 4. The van der Waals surface area contributed by atoms with Gasteiger partial charge in [-0.1, -0.05) is 12.1 Å². The SMILES string of the molecule is Cn1nc(C(F)(F)F)c(-c2cccc(OCCn3ccnc3)c2)c1C(N)=O. The Kier molecular flexibility index (Phi) is 4.89. The zero-order valence-corrected chi connectivity index (χ0v) is 14.3. The topological polar surface area (TPSA) is 88.0 Å². The summed E-state index contributed by atoms with van der Waals surface area (Å²) in [6.45, 7) is 0.819. The Labute approximate surface area is 152 Å². The molecule has 0 bridgehead atoms. The summed E-state index contributed by atoms with van der Waals surface area (Å²) in [5.41, 5.74) is 3.56. The van der Waals surface area contributed by atoms with Crippen molar-refractivity contribution in [1.82, 2.24) is 19.3 Å². The third-order valence-electron chi connectivity index (χ3n) is 3.85.